The first-order valence-corrected chi connectivity index (χ1v) is 7.12. The second-order valence-corrected chi connectivity index (χ2v) is 5.52. The Morgan fingerprint density at radius 2 is 2.17 bits per heavy atom. The molecule has 1 unspecified atom stereocenters. The molecule has 6 heteroatoms. The van der Waals surface area contributed by atoms with Crippen molar-refractivity contribution in [2.24, 2.45) is 0 Å². The highest BCUT2D eigenvalue weighted by atomic mass is 16.2. The van der Waals surface area contributed by atoms with Gasteiger partial charge in [-0.1, -0.05) is 0 Å². The molecule has 114 valence electrons. The molecule has 0 spiro atoms. The largest absolute Gasteiger partial charge is 0.398 e. The van der Waals surface area contributed by atoms with Gasteiger partial charge in [-0.15, -0.1) is 0 Å². The Balaban J connectivity index is 2.09. The van der Waals surface area contributed by atoms with E-state index in [0.717, 1.165) is 5.56 Å². The Morgan fingerprint density at radius 3 is 2.83 bits per heavy atom. The van der Waals surface area contributed by atoms with Gasteiger partial charge in [0.1, 0.15) is 11.8 Å². The molecule has 0 saturated heterocycles. The van der Waals surface area contributed by atoms with Gasteiger partial charge in [-0.05, 0) is 38.1 Å². The Morgan fingerprint density at radius 1 is 1.43 bits per heavy atom. The van der Waals surface area contributed by atoms with Crippen LogP contribution in [-0.4, -0.2) is 16.6 Å². The number of benzene rings is 1. The van der Waals surface area contributed by atoms with Gasteiger partial charge in [0.2, 0.25) is 0 Å². The second kappa shape index (κ2) is 5.21. The maximum atomic E-state index is 12.7. The van der Waals surface area contributed by atoms with E-state index < -0.39 is 0 Å². The Labute approximate surface area is 133 Å². The average molecular weight is 305 g/mol. The van der Waals surface area contributed by atoms with Crippen LogP contribution in [0.4, 0.5) is 11.4 Å². The Hall–Kier alpha value is -3.20. The molecular formula is C17H15N5O. The van der Waals surface area contributed by atoms with E-state index in [9.17, 15) is 4.79 Å². The van der Waals surface area contributed by atoms with Gasteiger partial charge in [-0.2, -0.15) is 5.26 Å². The minimum absolute atomic E-state index is 0.213. The molecule has 1 aromatic carbocycles. The number of rotatable bonds is 2. The fourth-order valence-corrected chi connectivity index (χ4v) is 2.83. The highest BCUT2D eigenvalue weighted by molar-refractivity contribution is 6.11. The molecule has 2 aromatic rings. The number of anilines is 2. The van der Waals surface area contributed by atoms with E-state index in [2.05, 4.69) is 4.98 Å². The van der Waals surface area contributed by atoms with Gasteiger partial charge >= 0.3 is 0 Å². The van der Waals surface area contributed by atoms with Crippen LogP contribution in [-0.2, 0) is 0 Å². The summed E-state index contributed by atoms with van der Waals surface area (Å²) in [7, 11) is 0. The first-order chi connectivity index (χ1) is 10.9. The molecule has 0 saturated carbocycles. The topological polar surface area (TPSA) is 107 Å². The SMILES string of the molecule is CC(=N)c1cc(N2C(=O)c3ncc(C#N)cc3C2C)ccc1N. The lowest BCUT2D eigenvalue weighted by atomic mass is 10.1. The van der Waals surface area contributed by atoms with Crippen molar-refractivity contribution in [3.63, 3.8) is 0 Å². The number of amides is 1. The van der Waals surface area contributed by atoms with Crippen molar-refractivity contribution in [1.82, 2.24) is 4.98 Å². The number of nitrogen functional groups attached to an aromatic ring is 1. The molecular weight excluding hydrogens is 290 g/mol. The predicted octanol–water partition coefficient (Wildman–Crippen LogP) is 2.64. The minimum atomic E-state index is -0.235. The van der Waals surface area contributed by atoms with Crippen molar-refractivity contribution in [3.05, 3.63) is 52.8 Å². The van der Waals surface area contributed by atoms with Crippen molar-refractivity contribution >= 4 is 23.0 Å². The summed E-state index contributed by atoms with van der Waals surface area (Å²) in [6, 6.07) is 8.70. The van der Waals surface area contributed by atoms with Gasteiger partial charge in [0, 0.05) is 34.4 Å². The first kappa shape index (κ1) is 14.7. The minimum Gasteiger partial charge on any atom is -0.398 e. The van der Waals surface area contributed by atoms with Gasteiger partial charge in [-0.3, -0.25) is 9.69 Å². The van der Waals surface area contributed by atoms with E-state index in [1.165, 1.54) is 6.20 Å². The molecule has 0 fully saturated rings. The van der Waals surface area contributed by atoms with Crippen LogP contribution in [0.15, 0.2) is 30.5 Å². The lowest BCUT2D eigenvalue weighted by Crippen LogP contribution is -2.26. The summed E-state index contributed by atoms with van der Waals surface area (Å²) in [5.74, 6) is -0.213. The van der Waals surface area contributed by atoms with Crippen LogP contribution in [0.3, 0.4) is 0 Å². The summed E-state index contributed by atoms with van der Waals surface area (Å²) in [6.07, 6.45) is 1.41. The van der Waals surface area contributed by atoms with Crippen LogP contribution in [0, 0.1) is 16.7 Å². The van der Waals surface area contributed by atoms with E-state index in [1.807, 2.05) is 13.0 Å². The fraction of sp³-hybridized carbons (Fsp3) is 0.176. The molecule has 2 heterocycles. The number of carbonyl (C=O) groups excluding carboxylic acids is 1. The van der Waals surface area contributed by atoms with E-state index in [4.69, 9.17) is 16.4 Å². The lowest BCUT2D eigenvalue weighted by Gasteiger charge is -2.23. The third-order valence-electron chi connectivity index (χ3n) is 4.02. The molecule has 3 N–H and O–H groups in total. The quantitative estimate of drug-likeness (QED) is 0.657. The maximum absolute atomic E-state index is 12.7. The number of pyridine rings is 1. The summed E-state index contributed by atoms with van der Waals surface area (Å²) in [5, 5.41) is 16.8. The smallest absolute Gasteiger partial charge is 0.277 e. The number of hydrogen-bond donors (Lipinski definition) is 2. The molecule has 1 aliphatic rings. The van der Waals surface area contributed by atoms with Crippen LogP contribution in [0.5, 0.6) is 0 Å². The molecule has 0 aliphatic carbocycles. The zero-order valence-corrected chi connectivity index (χ0v) is 12.8. The van der Waals surface area contributed by atoms with Gasteiger partial charge < -0.3 is 11.1 Å². The molecule has 0 radical (unpaired) electrons. The monoisotopic (exact) mass is 305 g/mol. The van der Waals surface area contributed by atoms with Crippen molar-refractivity contribution in [3.8, 4) is 6.07 Å². The number of fused-ring (bicyclic) bond motifs is 1. The summed E-state index contributed by atoms with van der Waals surface area (Å²) in [4.78, 5) is 18.4. The number of hydrogen-bond acceptors (Lipinski definition) is 5. The molecule has 1 atom stereocenters. The van der Waals surface area contributed by atoms with Gasteiger partial charge in [0.15, 0.2) is 0 Å². The van der Waals surface area contributed by atoms with Crippen LogP contribution in [0.2, 0.25) is 0 Å². The molecule has 0 bridgehead atoms. The highest BCUT2D eigenvalue weighted by Gasteiger charge is 2.36. The number of aromatic nitrogens is 1. The second-order valence-electron chi connectivity index (χ2n) is 5.52. The van der Waals surface area contributed by atoms with Crippen molar-refractivity contribution < 1.29 is 4.79 Å². The van der Waals surface area contributed by atoms with E-state index in [1.54, 1.807) is 36.1 Å². The lowest BCUT2D eigenvalue weighted by molar-refractivity contribution is 0.0988. The molecule has 1 amide bonds. The standard InChI is InChI=1S/C17H15N5O/c1-9(19)13-6-12(3-4-15(13)20)22-10(2)14-5-11(7-18)8-21-16(14)17(22)23/h3-6,8,10,19H,20H2,1-2H3. The molecule has 6 nitrogen and oxygen atoms in total. The van der Waals surface area contributed by atoms with Crippen LogP contribution >= 0.6 is 0 Å². The maximum Gasteiger partial charge on any atom is 0.277 e. The Kier molecular flexibility index (Phi) is 3.34. The summed E-state index contributed by atoms with van der Waals surface area (Å²) >= 11 is 0. The number of nitrogens with one attached hydrogen (secondary N) is 1. The van der Waals surface area contributed by atoms with E-state index >= 15 is 0 Å². The van der Waals surface area contributed by atoms with Crippen LogP contribution in [0.25, 0.3) is 0 Å². The van der Waals surface area contributed by atoms with E-state index in [-0.39, 0.29) is 11.9 Å². The fourth-order valence-electron chi connectivity index (χ4n) is 2.83. The van der Waals surface area contributed by atoms with Gasteiger partial charge in [0.25, 0.3) is 5.91 Å². The van der Waals surface area contributed by atoms with Crippen LogP contribution in [0.1, 0.15) is 47.1 Å². The first-order valence-electron chi connectivity index (χ1n) is 7.12. The van der Waals surface area contributed by atoms with E-state index in [0.29, 0.717) is 33.9 Å². The number of nitrogens with two attached hydrogens (primary N) is 1. The normalized spacial score (nSPS) is 16.1. The zero-order valence-electron chi connectivity index (χ0n) is 12.8. The summed E-state index contributed by atoms with van der Waals surface area (Å²) < 4.78 is 0. The Bertz CT molecular complexity index is 881. The third-order valence-corrected chi connectivity index (χ3v) is 4.02. The third kappa shape index (κ3) is 2.23. The summed E-state index contributed by atoms with van der Waals surface area (Å²) in [6.45, 7) is 3.54. The van der Waals surface area contributed by atoms with Crippen molar-refractivity contribution in [2.75, 3.05) is 10.6 Å². The van der Waals surface area contributed by atoms with Crippen LogP contribution < -0.4 is 10.6 Å². The number of carbonyl (C=O) groups is 1. The zero-order chi connectivity index (χ0) is 16.7. The molecule has 1 aliphatic heterocycles. The summed E-state index contributed by atoms with van der Waals surface area (Å²) in [5.41, 5.74) is 9.52. The average Bonchev–Trinajstić information content (AvgIpc) is 2.79. The van der Waals surface area contributed by atoms with Crippen molar-refractivity contribution in [1.29, 1.82) is 10.7 Å². The van der Waals surface area contributed by atoms with Crippen molar-refractivity contribution in [2.45, 2.75) is 19.9 Å². The molecule has 23 heavy (non-hydrogen) atoms. The molecule has 3 rings (SSSR count). The number of nitriles is 1. The molecule has 1 aromatic heterocycles. The highest BCUT2D eigenvalue weighted by Crippen LogP contribution is 2.37. The predicted molar refractivity (Wildman–Crippen MR) is 87.5 cm³/mol. The van der Waals surface area contributed by atoms with Gasteiger partial charge in [-0.25, -0.2) is 4.98 Å². The van der Waals surface area contributed by atoms with Gasteiger partial charge in [0.05, 0.1) is 11.6 Å². The number of nitrogens with zero attached hydrogens (tertiary/aromatic N) is 3.